The van der Waals surface area contributed by atoms with Gasteiger partial charge < -0.3 is 15.0 Å². The average Bonchev–Trinajstić information content (AvgIpc) is 3.06. The molecule has 0 saturated carbocycles. The monoisotopic (exact) mass is 329 g/mol. The normalized spacial score (nSPS) is 16.5. The number of hydrogen-bond donors (Lipinski definition) is 1. The number of aromatic nitrogens is 3. The van der Waals surface area contributed by atoms with Crippen LogP contribution in [0.4, 0.5) is 0 Å². The first-order valence-electron chi connectivity index (χ1n) is 8.14. The maximum absolute atomic E-state index is 11.7. The zero-order chi connectivity index (χ0) is 16.9. The lowest BCUT2D eigenvalue weighted by Crippen LogP contribution is -2.37. The summed E-state index contributed by atoms with van der Waals surface area (Å²) in [6, 6.07) is 8.17. The van der Waals surface area contributed by atoms with Crippen LogP contribution in [0.15, 0.2) is 30.6 Å². The van der Waals surface area contributed by atoms with E-state index in [1.165, 1.54) is 4.90 Å². The summed E-state index contributed by atoms with van der Waals surface area (Å²) in [6.45, 7) is 1.58. The van der Waals surface area contributed by atoms with Gasteiger partial charge in [-0.05, 0) is 12.5 Å². The Morgan fingerprint density at radius 1 is 1.42 bits per heavy atom. The molecule has 1 aliphatic heterocycles. The van der Waals surface area contributed by atoms with Gasteiger partial charge in [-0.3, -0.25) is 4.79 Å². The molecule has 1 amide bonds. The number of fused-ring (bicyclic) bond motifs is 1. The van der Waals surface area contributed by atoms with Crippen molar-refractivity contribution in [3.8, 4) is 5.75 Å². The summed E-state index contributed by atoms with van der Waals surface area (Å²) >= 11 is 0. The number of nitrogens with one attached hydrogen (secondary N) is 1. The number of amides is 1. The molecule has 0 fully saturated rings. The first-order chi connectivity index (χ1) is 11.6. The third kappa shape index (κ3) is 3.91. The van der Waals surface area contributed by atoms with Crippen LogP contribution in [0, 0.1) is 0 Å². The lowest BCUT2D eigenvalue weighted by atomic mass is 10.1. The van der Waals surface area contributed by atoms with Gasteiger partial charge in [0.25, 0.3) is 5.91 Å². The number of para-hydroxylation sites is 1. The Bertz CT molecular complexity index is 698. The highest BCUT2D eigenvalue weighted by atomic mass is 16.5. The topological polar surface area (TPSA) is 72.3 Å². The predicted octanol–water partition coefficient (Wildman–Crippen LogP) is 0.850. The Hall–Kier alpha value is -2.41. The van der Waals surface area contributed by atoms with E-state index in [4.69, 9.17) is 4.74 Å². The van der Waals surface area contributed by atoms with E-state index in [1.807, 2.05) is 28.9 Å². The Balaban J connectivity index is 1.56. The number of aryl methyl sites for hydroxylation is 1. The third-order valence-corrected chi connectivity index (χ3v) is 4.21. The summed E-state index contributed by atoms with van der Waals surface area (Å²) < 4.78 is 7.64. The van der Waals surface area contributed by atoms with Crippen molar-refractivity contribution in [2.75, 3.05) is 20.7 Å². The van der Waals surface area contributed by atoms with Crippen molar-refractivity contribution >= 4 is 5.91 Å². The second-order valence-electron chi connectivity index (χ2n) is 6.16. The van der Waals surface area contributed by atoms with E-state index < -0.39 is 0 Å². The number of hydrogen-bond acceptors (Lipinski definition) is 5. The fourth-order valence-corrected chi connectivity index (χ4v) is 2.72. The molecule has 7 nitrogen and oxygen atoms in total. The quantitative estimate of drug-likeness (QED) is 0.851. The van der Waals surface area contributed by atoms with Crippen LogP contribution in [0.25, 0.3) is 0 Å². The highest BCUT2D eigenvalue weighted by Crippen LogP contribution is 2.19. The number of rotatable bonds is 6. The fourth-order valence-electron chi connectivity index (χ4n) is 2.72. The predicted molar refractivity (Wildman–Crippen MR) is 89.6 cm³/mol. The number of benzene rings is 1. The van der Waals surface area contributed by atoms with Crippen LogP contribution in [0.1, 0.15) is 17.8 Å². The van der Waals surface area contributed by atoms with E-state index in [1.54, 1.807) is 20.4 Å². The molecule has 1 aromatic carbocycles. The van der Waals surface area contributed by atoms with E-state index in [-0.39, 0.29) is 12.5 Å². The molecule has 0 saturated heterocycles. The average molecular weight is 329 g/mol. The van der Waals surface area contributed by atoms with Crippen molar-refractivity contribution < 1.29 is 9.53 Å². The maximum Gasteiger partial charge on any atom is 0.259 e. The summed E-state index contributed by atoms with van der Waals surface area (Å²) in [7, 11) is 3.45. The van der Waals surface area contributed by atoms with Gasteiger partial charge in [-0.2, -0.15) is 5.10 Å². The highest BCUT2D eigenvalue weighted by Gasteiger charge is 2.19. The van der Waals surface area contributed by atoms with Crippen LogP contribution in [0.2, 0.25) is 0 Å². The summed E-state index contributed by atoms with van der Waals surface area (Å²) in [6.07, 6.45) is 3.59. The van der Waals surface area contributed by atoms with Crippen molar-refractivity contribution in [1.29, 1.82) is 0 Å². The van der Waals surface area contributed by atoms with Gasteiger partial charge in [-0.25, -0.2) is 9.67 Å². The number of carbonyl (C=O) groups is 1. The Kier molecular flexibility index (Phi) is 5.10. The number of likely N-dealkylation sites (N-methyl/N-ethyl adjacent to an activating group) is 1. The third-order valence-electron chi connectivity index (χ3n) is 4.21. The molecule has 0 spiro atoms. The molecule has 0 radical (unpaired) electrons. The minimum Gasteiger partial charge on any atom is -0.483 e. The van der Waals surface area contributed by atoms with Crippen molar-refractivity contribution in [3.05, 3.63) is 42.0 Å². The van der Waals surface area contributed by atoms with Gasteiger partial charge in [0.2, 0.25) is 0 Å². The highest BCUT2D eigenvalue weighted by molar-refractivity contribution is 5.77. The van der Waals surface area contributed by atoms with Gasteiger partial charge >= 0.3 is 0 Å². The smallest absolute Gasteiger partial charge is 0.259 e. The van der Waals surface area contributed by atoms with Crippen LogP contribution in [-0.2, 0) is 24.3 Å². The minimum atomic E-state index is -0.0521. The van der Waals surface area contributed by atoms with Crippen molar-refractivity contribution in [3.63, 3.8) is 0 Å². The zero-order valence-electron chi connectivity index (χ0n) is 14.1. The Morgan fingerprint density at radius 2 is 2.25 bits per heavy atom. The molecule has 0 bridgehead atoms. The molecular formula is C17H23N5O2. The molecule has 1 atom stereocenters. The molecular weight excluding hydrogens is 306 g/mol. The number of nitrogens with zero attached hydrogens (tertiary/aromatic N) is 4. The van der Waals surface area contributed by atoms with Crippen LogP contribution in [0.5, 0.6) is 5.75 Å². The molecule has 0 unspecified atom stereocenters. The van der Waals surface area contributed by atoms with Gasteiger partial charge in [-0.1, -0.05) is 18.2 Å². The zero-order valence-corrected chi connectivity index (χ0v) is 14.1. The van der Waals surface area contributed by atoms with Gasteiger partial charge in [0, 0.05) is 38.7 Å². The molecule has 3 rings (SSSR count). The second-order valence-corrected chi connectivity index (χ2v) is 6.16. The molecule has 0 aliphatic carbocycles. The SMILES string of the molecule is CN(C)C(=O)COc1ccccc1CN[C@@H]1CCc2ncnn2C1. The molecule has 1 aromatic heterocycles. The van der Waals surface area contributed by atoms with Crippen LogP contribution >= 0.6 is 0 Å². The summed E-state index contributed by atoms with van der Waals surface area (Å²) in [5, 5.41) is 7.80. The van der Waals surface area contributed by atoms with Crippen LogP contribution < -0.4 is 10.1 Å². The molecule has 1 aliphatic rings. The van der Waals surface area contributed by atoms with Crippen molar-refractivity contribution in [1.82, 2.24) is 25.0 Å². The largest absolute Gasteiger partial charge is 0.483 e. The second kappa shape index (κ2) is 7.44. The van der Waals surface area contributed by atoms with E-state index in [0.717, 1.165) is 36.5 Å². The first kappa shape index (κ1) is 16.4. The van der Waals surface area contributed by atoms with Crippen molar-refractivity contribution in [2.45, 2.75) is 32.0 Å². The first-order valence-corrected chi connectivity index (χ1v) is 8.14. The van der Waals surface area contributed by atoms with E-state index in [2.05, 4.69) is 15.4 Å². The van der Waals surface area contributed by atoms with Gasteiger partial charge in [0.15, 0.2) is 6.61 Å². The van der Waals surface area contributed by atoms with E-state index in [0.29, 0.717) is 12.6 Å². The minimum absolute atomic E-state index is 0.0513. The summed E-state index contributed by atoms with van der Waals surface area (Å²) in [4.78, 5) is 17.5. The fraction of sp³-hybridized carbons (Fsp3) is 0.471. The molecule has 1 N–H and O–H groups in total. The summed E-state index contributed by atoms with van der Waals surface area (Å²) in [5.41, 5.74) is 1.05. The molecule has 2 heterocycles. The van der Waals surface area contributed by atoms with Crippen LogP contribution in [-0.4, -0.2) is 52.3 Å². The van der Waals surface area contributed by atoms with Gasteiger partial charge in [0.05, 0.1) is 6.54 Å². The molecule has 2 aromatic rings. The van der Waals surface area contributed by atoms with Gasteiger partial charge in [0.1, 0.15) is 17.9 Å². The standard InChI is InChI=1S/C17H23N5O2/c1-21(2)17(23)11-24-15-6-4-3-5-13(15)9-18-14-7-8-16-19-12-20-22(16)10-14/h3-6,12,14,18H,7-11H2,1-2H3/t14-/m1/s1. The van der Waals surface area contributed by atoms with Crippen molar-refractivity contribution in [2.24, 2.45) is 0 Å². The maximum atomic E-state index is 11.7. The van der Waals surface area contributed by atoms with E-state index in [9.17, 15) is 4.79 Å². The number of ether oxygens (including phenoxy) is 1. The van der Waals surface area contributed by atoms with Gasteiger partial charge in [-0.15, -0.1) is 0 Å². The Morgan fingerprint density at radius 3 is 3.08 bits per heavy atom. The van der Waals surface area contributed by atoms with Crippen LogP contribution in [0.3, 0.4) is 0 Å². The molecule has 24 heavy (non-hydrogen) atoms. The lowest BCUT2D eigenvalue weighted by Gasteiger charge is -2.24. The van der Waals surface area contributed by atoms with E-state index >= 15 is 0 Å². The lowest BCUT2D eigenvalue weighted by molar-refractivity contribution is -0.130. The summed E-state index contributed by atoms with van der Waals surface area (Å²) in [5.74, 6) is 1.75. The Labute approximate surface area is 141 Å². The number of carbonyl (C=O) groups excluding carboxylic acids is 1. The molecule has 7 heteroatoms. The molecule has 128 valence electrons.